The molecule has 3 rings (SSSR count). The normalized spacial score (nSPS) is 33.0. The van der Waals surface area contributed by atoms with Crippen molar-refractivity contribution in [2.75, 3.05) is 0 Å². The van der Waals surface area contributed by atoms with E-state index >= 15 is 0 Å². The molecule has 6 atom stereocenters. The number of aliphatic carboxylic acids is 1. The van der Waals surface area contributed by atoms with E-state index < -0.39 is 12.1 Å². The van der Waals surface area contributed by atoms with Gasteiger partial charge in [0.25, 0.3) is 0 Å². The fourth-order valence-corrected chi connectivity index (χ4v) is 6.09. The summed E-state index contributed by atoms with van der Waals surface area (Å²) in [4.78, 5) is 10.6. The summed E-state index contributed by atoms with van der Waals surface area (Å²) in [6.45, 7) is 2.18. The first-order valence-electron chi connectivity index (χ1n) is 11.8. The quantitative estimate of drug-likeness (QED) is 0.239. The first-order chi connectivity index (χ1) is 14.9. The molecule has 0 saturated heterocycles. The molecule has 1 aromatic rings. The highest BCUT2D eigenvalue weighted by atomic mass is 35.5. The molecule has 31 heavy (non-hydrogen) atoms. The second-order valence-corrected chi connectivity index (χ2v) is 10.2. The summed E-state index contributed by atoms with van der Waals surface area (Å²) in [6, 6.07) is 8.53. The van der Waals surface area contributed by atoms with E-state index in [0.717, 1.165) is 50.5 Å². The minimum Gasteiger partial charge on any atom is -0.481 e. The number of unbranched alkanes of at least 4 members (excludes halogenated alkanes) is 1. The number of rotatable bonds is 11. The highest BCUT2D eigenvalue weighted by Gasteiger charge is 2.45. The molecule has 0 aromatic heterocycles. The van der Waals surface area contributed by atoms with Crippen LogP contribution in [0, 0.1) is 11.3 Å². The Morgan fingerprint density at radius 3 is 2.74 bits per heavy atom. The van der Waals surface area contributed by atoms with Crippen LogP contribution < -0.4 is 0 Å². The number of carboxylic acid groups (broad SMARTS) is 1. The maximum Gasteiger partial charge on any atom is 0.303 e. The molecule has 1 aromatic carbocycles. The topological polar surface area (TPSA) is 77.8 Å². The Labute approximate surface area is 191 Å². The van der Waals surface area contributed by atoms with Crippen LogP contribution in [0.15, 0.2) is 36.4 Å². The van der Waals surface area contributed by atoms with Gasteiger partial charge >= 0.3 is 5.97 Å². The molecule has 2 aliphatic rings. The van der Waals surface area contributed by atoms with E-state index in [0.29, 0.717) is 12.8 Å². The number of allylic oxidation sites excluding steroid dienone is 2. The summed E-state index contributed by atoms with van der Waals surface area (Å²) in [7, 11) is 0. The molecular formula is C26H37ClO4. The first-order valence-corrected chi connectivity index (χ1v) is 12.3. The van der Waals surface area contributed by atoms with Gasteiger partial charge in [-0.2, -0.15) is 0 Å². The van der Waals surface area contributed by atoms with Gasteiger partial charge in [0.15, 0.2) is 0 Å². The van der Waals surface area contributed by atoms with Crippen LogP contribution in [0.4, 0.5) is 0 Å². The van der Waals surface area contributed by atoms with Crippen LogP contribution in [0.5, 0.6) is 0 Å². The molecule has 0 aliphatic heterocycles. The number of hydrogen-bond acceptors (Lipinski definition) is 3. The molecule has 2 fully saturated rings. The Hall–Kier alpha value is -1.36. The standard InChI is InChI=1S/C26H37ClO4/c1-2-13-26(14-12-23(26)29)17-18-8-7-9-19(15-18)25-20(21(27)16-22(25)28)10-5-3-4-6-11-24(30)31/h3,5,7-9,15,20-23,25,28-29H,2,4,6,10-14,16-17H2,1H3,(H,30,31)/b5-3-/t20-,21+,22+,23?,25+,26?/m0/s1. The molecule has 0 bridgehead atoms. The van der Waals surface area contributed by atoms with Crippen LogP contribution in [-0.2, 0) is 11.2 Å². The van der Waals surface area contributed by atoms with Gasteiger partial charge in [-0.05, 0) is 68.4 Å². The smallest absolute Gasteiger partial charge is 0.303 e. The Kier molecular flexibility index (Phi) is 8.60. The third kappa shape index (κ3) is 5.91. The number of hydrogen-bond donors (Lipinski definition) is 3. The number of halogens is 1. The van der Waals surface area contributed by atoms with Gasteiger partial charge in [-0.3, -0.25) is 4.79 Å². The molecule has 0 spiro atoms. The van der Waals surface area contributed by atoms with E-state index in [9.17, 15) is 15.0 Å². The Bertz CT molecular complexity index is 764. The predicted octanol–water partition coefficient (Wildman–Crippen LogP) is 5.44. The lowest BCUT2D eigenvalue weighted by Crippen LogP contribution is -2.46. The van der Waals surface area contributed by atoms with Crippen LogP contribution in [-0.4, -0.2) is 38.9 Å². The highest BCUT2D eigenvalue weighted by Crippen LogP contribution is 2.49. The Morgan fingerprint density at radius 1 is 1.29 bits per heavy atom. The van der Waals surface area contributed by atoms with Crippen LogP contribution >= 0.6 is 11.6 Å². The zero-order valence-electron chi connectivity index (χ0n) is 18.5. The lowest BCUT2D eigenvalue weighted by molar-refractivity contribution is -0.137. The largest absolute Gasteiger partial charge is 0.481 e. The van der Waals surface area contributed by atoms with Crippen molar-refractivity contribution in [3.63, 3.8) is 0 Å². The fraction of sp³-hybridized carbons (Fsp3) is 0.654. The minimum atomic E-state index is -0.761. The highest BCUT2D eigenvalue weighted by molar-refractivity contribution is 6.21. The van der Waals surface area contributed by atoms with Gasteiger partial charge in [-0.15, -0.1) is 11.6 Å². The van der Waals surface area contributed by atoms with Crippen LogP contribution in [0.2, 0.25) is 0 Å². The van der Waals surface area contributed by atoms with Crippen LogP contribution in [0.25, 0.3) is 0 Å². The van der Waals surface area contributed by atoms with Gasteiger partial charge in [-0.25, -0.2) is 0 Å². The van der Waals surface area contributed by atoms with Gasteiger partial charge in [0, 0.05) is 23.1 Å². The maximum atomic E-state index is 10.8. The summed E-state index contributed by atoms with van der Waals surface area (Å²) >= 11 is 6.63. The zero-order chi connectivity index (χ0) is 22.4. The van der Waals surface area contributed by atoms with Gasteiger partial charge in [0.1, 0.15) is 0 Å². The van der Waals surface area contributed by atoms with Crippen molar-refractivity contribution in [3.8, 4) is 0 Å². The molecule has 0 amide bonds. The SMILES string of the molecule is CCCC1(Cc2cccc([C@@H]3[C@@H](C/C=C\CCCC(=O)O)[C@H](Cl)C[C@H]3O)c2)CCC1O. The van der Waals surface area contributed by atoms with E-state index in [4.69, 9.17) is 16.7 Å². The number of aliphatic hydroxyl groups is 2. The molecule has 2 unspecified atom stereocenters. The Balaban J connectivity index is 1.68. The average molecular weight is 449 g/mol. The first kappa shape index (κ1) is 24.3. The minimum absolute atomic E-state index is 0.000409. The zero-order valence-corrected chi connectivity index (χ0v) is 19.3. The third-order valence-electron chi connectivity index (χ3n) is 7.41. The fourth-order valence-electron chi connectivity index (χ4n) is 5.65. The van der Waals surface area contributed by atoms with Crippen molar-refractivity contribution >= 4 is 17.6 Å². The summed E-state index contributed by atoms with van der Waals surface area (Å²) < 4.78 is 0. The van der Waals surface area contributed by atoms with Crippen molar-refractivity contribution in [2.24, 2.45) is 11.3 Å². The molecule has 3 N–H and O–H groups in total. The summed E-state index contributed by atoms with van der Waals surface area (Å²) in [5.41, 5.74) is 2.38. The van der Waals surface area contributed by atoms with Crippen molar-refractivity contribution < 1.29 is 20.1 Å². The predicted molar refractivity (Wildman–Crippen MR) is 124 cm³/mol. The van der Waals surface area contributed by atoms with E-state index in [1.807, 2.05) is 6.08 Å². The number of carboxylic acids is 1. The van der Waals surface area contributed by atoms with Gasteiger partial charge in [-0.1, -0.05) is 49.8 Å². The van der Waals surface area contributed by atoms with Gasteiger partial charge < -0.3 is 15.3 Å². The van der Waals surface area contributed by atoms with E-state index in [-0.39, 0.29) is 35.2 Å². The number of carbonyl (C=O) groups is 1. The Morgan fingerprint density at radius 2 is 2.10 bits per heavy atom. The molecule has 5 heteroatoms. The van der Waals surface area contributed by atoms with E-state index in [1.54, 1.807) is 0 Å². The summed E-state index contributed by atoms with van der Waals surface area (Å²) in [6.07, 6.45) is 11.4. The molecule has 2 saturated carbocycles. The number of aliphatic hydroxyl groups excluding tert-OH is 2. The lowest BCUT2D eigenvalue weighted by atomic mass is 9.60. The maximum absolute atomic E-state index is 10.8. The second-order valence-electron chi connectivity index (χ2n) is 9.59. The van der Waals surface area contributed by atoms with Crippen LogP contribution in [0.1, 0.15) is 81.8 Å². The number of benzene rings is 1. The number of alkyl halides is 1. The van der Waals surface area contributed by atoms with Gasteiger partial charge in [0.2, 0.25) is 0 Å². The van der Waals surface area contributed by atoms with Crippen molar-refractivity contribution in [1.82, 2.24) is 0 Å². The van der Waals surface area contributed by atoms with Crippen molar-refractivity contribution in [2.45, 2.75) is 94.6 Å². The van der Waals surface area contributed by atoms with Gasteiger partial charge in [0.05, 0.1) is 12.2 Å². The molecule has 0 heterocycles. The van der Waals surface area contributed by atoms with E-state index in [1.165, 1.54) is 5.56 Å². The second kappa shape index (κ2) is 11.0. The molecular weight excluding hydrogens is 412 g/mol. The van der Waals surface area contributed by atoms with Crippen LogP contribution in [0.3, 0.4) is 0 Å². The summed E-state index contributed by atoms with van der Waals surface area (Å²) in [5, 5.41) is 29.9. The monoisotopic (exact) mass is 448 g/mol. The molecule has 4 nitrogen and oxygen atoms in total. The molecule has 0 radical (unpaired) electrons. The molecule has 172 valence electrons. The summed E-state index contributed by atoms with van der Waals surface area (Å²) in [5.74, 6) is -0.607. The van der Waals surface area contributed by atoms with Crippen molar-refractivity contribution in [3.05, 3.63) is 47.5 Å². The van der Waals surface area contributed by atoms with E-state index in [2.05, 4.69) is 37.3 Å². The average Bonchev–Trinajstić information content (AvgIpc) is 3.02. The molecule has 2 aliphatic carbocycles. The third-order valence-corrected chi connectivity index (χ3v) is 7.91. The lowest BCUT2D eigenvalue weighted by Gasteiger charge is -2.47. The van der Waals surface area contributed by atoms with Crippen molar-refractivity contribution in [1.29, 1.82) is 0 Å².